The lowest BCUT2D eigenvalue weighted by atomic mass is 9.99. The van der Waals surface area contributed by atoms with Gasteiger partial charge in [-0.2, -0.15) is 5.06 Å². The van der Waals surface area contributed by atoms with Gasteiger partial charge in [0, 0.05) is 13.5 Å². The van der Waals surface area contributed by atoms with Gasteiger partial charge in [-0.25, -0.2) is 9.59 Å². The van der Waals surface area contributed by atoms with Crippen LogP contribution in [0.1, 0.15) is 6.42 Å². The van der Waals surface area contributed by atoms with Gasteiger partial charge >= 0.3 is 12.0 Å². The van der Waals surface area contributed by atoms with Crippen LogP contribution in [0.5, 0.6) is 0 Å². The van der Waals surface area contributed by atoms with E-state index in [1.54, 1.807) is 0 Å². The molecule has 2 aliphatic rings. The van der Waals surface area contributed by atoms with E-state index in [2.05, 4.69) is 17.1 Å². The van der Waals surface area contributed by atoms with Crippen LogP contribution in [0.15, 0.2) is 17.8 Å². The average Bonchev–Trinajstić information content (AvgIpc) is 2.87. The third-order valence-corrected chi connectivity index (χ3v) is 3.71. The van der Waals surface area contributed by atoms with Crippen molar-refractivity contribution in [3.05, 3.63) is 12.7 Å². The van der Waals surface area contributed by atoms with E-state index >= 15 is 0 Å². The van der Waals surface area contributed by atoms with Gasteiger partial charge in [-0.1, -0.05) is 11.2 Å². The van der Waals surface area contributed by atoms with Crippen molar-refractivity contribution in [2.45, 2.75) is 18.5 Å². The number of ether oxygens (including phenoxy) is 1. The van der Waals surface area contributed by atoms with Gasteiger partial charge in [0.1, 0.15) is 12.1 Å². The van der Waals surface area contributed by atoms with Crippen molar-refractivity contribution in [2.24, 2.45) is 5.16 Å². The van der Waals surface area contributed by atoms with E-state index in [9.17, 15) is 14.4 Å². The number of nitrogens with one attached hydrogen (secondary N) is 1. The lowest BCUT2D eigenvalue weighted by Crippen LogP contribution is -2.49. The highest BCUT2D eigenvalue weighted by atomic mass is 16.7. The molecule has 24 heavy (non-hydrogen) atoms. The minimum atomic E-state index is -0.807. The Morgan fingerprint density at radius 3 is 2.88 bits per heavy atom. The largest absolute Gasteiger partial charge is 0.467 e. The van der Waals surface area contributed by atoms with Crippen LogP contribution in [0.2, 0.25) is 0 Å². The fraction of sp³-hybridized carbons (Fsp3) is 0.571. The SMILES string of the molecule is C=CCON1C(=O)N2C[C@H]1C(=NOCC(=O)NC)C[C@H]2C(=O)OC. The number of oxime groups is 1. The van der Waals surface area contributed by atoms with E-state index in [1.165, 1.54) is 25.1 Å². The predicted octanol–water partition coefficient (Wildman–Crippen LogP) is -0.726. The molecule has 0 radical (unpaired) electrons. The second-order valence-corrected chi connectivity index (χ2v) is 5.13. The molecule has 2 bridgehead atoms. The van der Waals surface area contributed by atoms with Gasteiger partial charge in [0.2, 0.25) is 0 Å². The summed E-state index contributed by atoms with van der Waals surface area (Å²) in [4.78, 5) is 47.3. The molecule has 2 aliphatic heterocycles. The molecule has 2 heterocycles. The maximum Gasteiger partial charge on any atom is 0.345 e. The van der Waals surface area contributed by atoms with Crippen molar-refractivity contribution in [3.8, 4) is 0 Å². The van der Waals surface area contributed by atoms with Crippen LogP contribution in [0.4, 0.5) is 4.79 Å². The summed E-state index contributed by atoms with van der Waals surface area (Å²) >= 11 is 0. The van der Waals surface area contributed by atoms with Crippen molar-refractivity contribution in [1.82, 2.24) is 15.3 Å². The number of methoxy groups -OCH3 is 1. The summed E-state index contributed by atoms with van der Waals surface area (Å²) in [5, 5.41) is 7.48. The zero-order valence-corrected chi connectivity index (χ0v) is 13.6. The second-order valence-electron chi connectivity index (χ2n) is 5.13. The molecular weight excluding hydrogens is 320 g/mol. The van der Waals surface area contributed by atoms with Crippen LogP contribution in [-0.2, 0) is 24.0 Å². The van der Waals surface area contributed by atoms with Crippen molar-refractivity contribution in [2.75, 3.05) is 33.9 Å². The number of piperidine rings is 1. The molecule has 0 spiro atoms. The van der Waals surface area contributed by atoms with E-state index in [0.29, 0.717) is 5.71 Å². The third-order valence-electron chi connectivity index (χ3n) is 3.71. The molecule has 3 amide bonds. The smallest absolute Gasteiger partial charge is 0.345 e. The number of hydroxylamine groups is 2. The standard InChI is InChI=1S/C14H20N4O6/c1-4-5-24-18-11-7-17(14(18)21)10(13(20)22-3)6-9(11)16-23-8-12(19)15-2/h4,10-11H,1,5-8H2,2-3H3,(H,15,19)/t10-,11-/m0/s1. The molecule has 0 aromatic heterocycles. The molecule has 10 heteroatoms. The van der Waals surface area contributed by atoms with Crippen LogP contribution in [-0.4, -0.2) is 79.6 Å². The number of urea groups is 1. The lowest BCUT2D eigenvalue weighted by molar-refractivity contribution is -0.145. The summed E-state index contributed by atoms with van der Waals surface area (Å²) in [7, 11) is 2.73. The Hall–Kier alpha value is -2.62. The second kappa shape index (κ2) is 7.77. The highest BCUT2D eigenvalue weighted by Crippen LogP contribution is 2.29. The Bertz CT molecular complexity index is 563. The zero-order chi connectivity index (χ0) is 17.7. The Morgan fingerprint density at radius 2 is 2.25 bits per heavy atom. The normalized spacial score (nSPS) is 24.1. The van der Waals surface area contributed by atoms with Gasteiger partial charge in [0.25, 0.3) is 5.91 Å². The van der Waals surface area contributed by atoms with Gasteiger partial charge in [-0.3, -0.25) is 9.63 Å². The molecule has 0 saturated carbocycles. The Morgan fingerprint density at radius 1 is 1.50 bits per heavy atom. The number of amides is 3. The quantitative estimate of drug-likeness (QED) is 0.372. The number of fused-ring (bicyclic) bond motifs is 2. The van der Waals surface area contributed by atoms with E-state index in [4.69, 9.17) is 14.4 Å². The maximum atomic E-state index is 12.4. The fourth-order valence-electron chi connectivity index (χ4n) is 2.51. The van der Waals surface area contributed by atoms with Gasteiger partial charge in [-0.15, -0.1) is 6.58 Å². The molecular formula is C14H20N4O6. The molecule has 0 aromatic rings. The monoisotopic (exact) mass is 340 g/mol. The highest BCUT2D eigenvalue weighted by molar-refractivity contribution is 6.01. The van der Waals surface area contributed by atoms with Crippen molar-refractivity contribution in [1.29, 1.82) is 0 Å². The van der Waals surface area contributed by atoms with Crippen molar-refractivity contribution < 1.29 is 28.8 Å². The maximum absolute atomic E-state index is 12.4. The van der Waals surface area contributed by atoms with Crippen molar-refractivity contribution >= 4 is 23.6 Å². The number of hydrogen-bond donors (Lipinski definition) is 1. The molecule has 10 nitrogen and oxygen atoms in total. The van der Waals surface area contributed by atoms with Crippen LogP contribution >= 0.6 is 0 Å². The summed E-state index contributed by atoms with van der Waals surface area (Å²) in [6, 6.07) is -1.75. The topological polar surface area (TPSA) is 110 Å². The number of rotatable bonds is 7. The van der Waals surface area contributed by atoms with E-state index in [-0.39, 0.29) is 32.1 Å². The van der Waals surface area contributed by atoms with Gasteiger partial charge < -0.3 is 19.8 Å². The first-order chi connectivity index (χ1) is 11.5. The van der Waals surface area contributed by atoms with Crippen LogP contribution < -0.4 is 5.32 Å². The van der Waals surface area contributed by atoms with Gasteiger partial charge in [0.15, 0.2) is 6.61 Å². The first-order valence-corrected chi connectivity index (χ1v) is 7.34. The van der Waals surface area contributed by atoms with Crippen molar-refractivity contribution in [3.63, 3.8) is 0 Å². The summed E-state index contributed by atoms with van der Waals surface area (Å²) < 4.78 is 4.75. The van der Waals surface area contributed by atoms with Crippen LogP contribution in [0, 0.1) is 0 Å². The lowest BCUT2D eigenvalue weighted by Gasteiger charge is -2.28. The summed E-state index contributed by atoms with van der Waals surface area (Å²) in [5.41, 5.74) is 0.431. The number of carbonyl (C=O) groups is 3. The van der Waals surface area contributed by atoms with Crippen LogP contribution in [0.3, 0.4) is 0 Å². The molecule has 2 atom stereocenters. The van der Waals surface area contributed by atoms with Gasteiger partial charge in [-0.05, 0) is 0 Å². The number of carbonyl (C=O) groups excluding carboxylic acids is 3. The first-order valence-electron chi connectivity index (χ1n) is 7.34. The minimum Gasteiger partial charge on any atom is -0.467 e. The zero-order valence-electron chi connectivity index (χ0n) is 13.6. The average molecular weight is 340 g/mol. The summed E-state index contributed by atoms with van der Waals surface area (Å²) in [6.07, 6.45) is 1.65. The molecule has 0 aliphatic carbocycles. The Balaban J connectivity index is 2.20. The van der Waals surface area contributed by atoms with Gasteiger partial charge in [0.05, 0.1) is 26.0 Å². The third kappa shape index (κ3) is 3.48. The molecule has 132 valence electrons. The van der Waals surface area contributed by atoms with E-state index in [0.717, 1.165) is 5.06 Å². The summed E-state index contributed by atoms with van der Waals surface area (Å²) in [5.74, 6) is -0.894. The Kier molecular flexibility index (Phi) is 5.74. The van der Waals surface area contributed by atoms with E-state index in [1.807, 2.05) is 0 Å². The highest BCUT2D eigenvalue weighted by Gasteiger charge is 2.51. The molecule has 2 saturated heterocycles. The fourth-order valence-corrected chi connectivity index (χ4v) is 2.51. The number of nitrogens with zero attached hydrogens (tertiary/aromatic N) is 3. The Labute approximate surface area is 138 Å². The molecule has 0 aromatic carbocycles. The number of esters is 1. The summed E-state index contributed by atoms with van der Waals surface area (Å²) in [6.45, 7) is 3.62. The minimum absolute atomic E-state index is 0.130. The van der Waals surface area contributed by atoms with E-state index < -0.39 is 24.1 Å². The molecule has 1 N–H and O–H groups in total. The predicted molar refractivity (Wildman–Crippen MR) is 81.8 cm³/mol. The number of likely N-dealkylation sites (N-methyl/N-ethyl adjacent to an activating group) is 1. The van der Waals surface area contributed by atoms with Crippen LogP contribution in [0.25, 0.3) is 0 Å². The molecule has 2 rings (SSSR count). The number of hydrogen-bond acceptors (Lipinski definition) is 7. The molecule has 0 unspecified atom stereocenters. The first kappa shape index (κ1) is 17.7. The molecule has 2 fully saturated rings.